The van der Waals surface area contributed by atoms with Crippen molar-refractivity contribution in [3.8, 4) is 6.07 Å². The molecule has 0 bridgehead atoms. The standard InChI is InChI=1S/C11H15NO/c1-7-8(2)13-10(9(7)6-12)11(3,4)5/h1-5H3. The maximum absolute atomic E-state index is 8.97. The Hall–Kier alpha value is -1.23. The van der Waals surface area contributed by atoms with Gasteiger partial charge in [0.05, 0.1) is 5.56 Å². The summed E-state index contributed by atoms with van der Waals surface area (Å²) in [5.74, 6) is 1.64. The fourth-order valence-corrected chi connectivity index (χ4v) is 1.29. The van der Waals surface area contributed by atoms with Crippen molar-refractivity contribution in [2.45, 2.75) is 40.0 Å². The van der Waals surface area contributed by atoms with Gasteiger partial charge < -0.3 is 4.42 Å². The Kier molecular flexibility index (Phi) is 2.21. The molecule has 0 fully saturated rings. The van der Waals surface area contributed by atoms with E-state index in [1.165, 1.54) is 0 Å². The van der Waals surface area contributed by atoms with E-state index in [4.69, 9.17) is 9.68 Å². The lowest BCUT2D eigenvalue weighted by Crippen LogP contribution is -2.11. The minimum absolute atomic E-state index is 0.0932. The molecule has 0 aliphatic rings. The Morgan fingerprint density at radius 1 is 1.23 bits per heavy atom. The van der Waals surface area contributed by atoms with E-state index in [1.54, 1.807) is 0 Å². The summed E-state index contributed by atoms with van der Waals surface area (Å²) < 4.78 is 5.58. The fraction of sp³-hybridized carbons (Fsp3) is 0.545. The maximum atomic E-state index is 8.97. The average Bonchev–Trinajstić information content (AvgIpc) is 2.28. The molecule has 1 rings (SSSR count). The molecule has 70 valence electrons. The van der Waals surface area contributed by atoms with Gasteiger partial charge in [-0.05, 0) is 13.8 Å². The van der Waals surface area contributed by atoms with Crippen molar-refractivity contribution in [2.24, 2.45) is 0 Å². The van der Waals surface area contributed by atoms with E-state index in [2.05, 4.69) is 6.07 Å². The first kappa shape index (κ1) is 9.85. The molecule has 1 aromatic heterocycles. The summed E-state index contributed by atoms with van der Waals surface area (Å²) in [7, 11) is 0. The third kappa shape index (κ3) is 1.60. The zero-order valence-electron chi connectivity index (χ0n) is 8.86. The first-order valence-electron chi connectivity index (χ1n) is 4.38. The molecule has 0 amide bonds. The normalized spacial score (nSPS) is 11.4. The molecule has 0 aliphatic carbocycles. The first-order chi connectivity index (χ1) is 5.88. The Balaban J connectivity index is 3.41. The molecule has 13 heavy (non-hydrogen) atoms. The molecule has 0 unspecified atom stereocenters. The van der Waals surface area contributed by atoms with Crippen molar-refractivity contribution in [2.75, 3.05) is 0 Å². The van der Waals surface area contributed by atoms with Crippen LogP contribution in [0.15, 0.2) is 4.42 Å². The Bertz CT molecular complexity index is 361. The van der Waals surface area contributed by atoms with Gasteiger partial charge in [0, 0.05) is 11.0 Å². The zero-order chi connectivity index (χ0) is 10.2. The van der Waals surface area contributed by atoms with Crippen molar-refractivity contribution >= 4 is 0 Å². The number of hydrogen-bond acceptors (Lipinski definition) is 2. The fourth-order valence-electron chi connectivity index (χ4n) is 1.29. The molecule has 0 atom stereocenters. The average molecular weight is 177 g/mol. The van der Waals surface area contributed by atoms with Crippen molar-refractivity contribution in [1.82, 2.24) is 0 Å². The van der Waals surface area contributed by atoms with Crippen LogP contribution in [-0.2, 0) is 5.41 Å². The highest BCUT2D eigenvalue weighted by Gasteiger charge is 2.25. The van der Waals surface area contributed by atoms with Gasteiger partial charge in [-0.3, -0.25) is 0 Å². The molecule has 0 spiro atoms. The molecule has 0 aliphatic heterocycles. The summed E-state index contributed by atoms with van der Waals surface area (Å²) >= 11 is 0. The van der Waals surface area contributed by atoms with Gasteiger partial charge in [-0.1, -0.05) is 20.8 Å². The van der Waals surface area contributed by atoms with E-state index in [0.29, 0.717) is 5.56 Å². The number of hydrogen-bond donors (Lipinski definition) is 0. The zero-order valence-corrected chi connectivity index (χ0v) is 8.86. The Morgan fingerprint density at radius 3 is 2.08 bits per heavy atom. The Labute approximate surface area is 79.2 Å². The van der Waals surface area contributed by atoms with Crippen LogP contribution in [-0.4, -0.2) is 0 Å². The predicted molar refractivity (Wildman–Crippen MR) is 51.6 cm³/mol. The molecule has 2 nitrogen and oxygen atoms in total. The molecule has 0 N–H and O–H groups in total. The van der Waals surface area contributed by atoms with E-state index in [0.717, 1.165) is 17.1 Å². The SMILES string of the molecule is Cc1oc(C(C)(C)C)c(C#N)c1C. The van der Waals surface area contributed by atoms with Crippen LogP contribution in [0.1, 0.15) is 43.4 Å². The minimum Gasteiger partial charge on any atom is -0.464 e. The van der Waals surface area contributed by atoms with Gasteiger partial charge in [0.1, 0.15) is 17.6 Å². The second-order valence-electron chi connectivity index (χ2n) is 4.35. The smallest absolute Gasteiger partial charge is 0.127 e. The lowest BCUT2D eigenvalue weighted by molar-refractivity contribution is 0.394. The summed E-state index contributed by atoms with van der Waals surface area (Å²) in [6.07, 6.45) is 0. The van der Waals surface area contributed by atoms with Crippen LogP contribution in [0.25, 0.3) is 0 Å². The number of aryl methyl sites for hydroxylation is 1. The molecule has 0 aromatic carbocycles. The second-order valence-corrected chi connectivity index (χ2v) is 4.35. The van der Waals surface area contributed by atoms with Gasteiger partial charge in [0.2, 0.25) is 0 Å². The van der Waals surface area contributed by atoms with Crippen molar-refractivity contribution in [3.05, 3.63) is 22.6 Å². The van der Waals surface area contributed by atoms with Crippen molar-refractivity contribution in [3.63, 3.8) is 0 Å². The highest BCUT2D eigenvalue weighted by Crippen LogP contribution is 2.31. The van der Waals surface area contributed by atoms with E-state index < -0.39 is 0 Å². The van der Waals surface area contributed by atoms with Gasteiger partial charge in [-0.2, -0.15) is 5.26 Å². The van der Waals surface area contributed by atoms with Crippen LogP contribution in [0.5, 0.6) is 0 Å². The summed E-state index contributed by atoms with van der Waals surface area (Å²) in [5.41, 5.74) is 1.57. The van der Waals surface area contributed by atoms with Crippen LogP contribution in [0.4, 0.5) is 0 Å². The van der Waals surface area contributed by atoms with E-state index in [-0.39, 0.29) is 5.41 Å². The lowest BCUT2D eigenvalue weighted by Gasteiger charge is -2.15. The van der Waals surface area contributed by atoms with Crippen LogP contribution in [0, 0.1) is 25.2 Å². The minimum atomic E-state index is -0.0932. The molecule has 1 aromatic rings. The maximum Gasteiger partial charge on any atom is 0.127 e. The third-order valence-corrected chi connectivity index (χ3v) is 2.18. The molecular weight excluding hydrogens is 162 g/mol. The Morgan fingerprint density at radius 2 is 1.77 bits per heavy atom. The van der Waals surface area contributed by atoms with Gasteiger partial charge in [-0.25, -0.2) is 0 Å². The second kappa shape index (κ2) is 2.92. The van der Waals surface area contributed by atoms with Crippen LogP contribution in [0.2, 0.25) is 0 Å². The van der Waals surface area contributed by atoms with Crippen molar-refractivity contribution < 1.29 is 4.42 Å². The summed E-state index contributed by atoms with van der Waals surface area (Å²) in [4.78, 5) is 0. The topological polar surface area (TPSA) is 36.9 Å². The quantitative estimate of drug-likeness (QED) is 0.610. The van der Waals surface area contributed by atoms with E-state index >= 15 is 0 Å². The van der Waals surface area contributed by atoms with Crippen LogP contribution < -0.4 is 0 Å². The van der Waals surface area contributed by atoms with Gasteiger partial charge in [-0.15, -0.1) is 0 Å². The predicted octanol–water partition coefficient (Wildman–Crippen LogP) is 3.07. The largest absolute Gasteiger partial charge is 0.464 e. The first-order valence-corrected chi connectivity index (χ1v) is 4.38. The van der Waals surface area contributed by atoms with E-state index in [1.807, 2.05) is 34.6 Å². The molecule has 0 saturated carbocycles. The number of nitriles is 1. The molecule has 1 heterocycles. The van der Waals surface area contributed by atoms with Gasteiger partial charge in [0.15, 0.2) is 0 Å². The summed E-state index contributed by atoms with van der Waals surface area (Å²) in [5, 5.41) is 8.97. The molecular formula is C11H15NO. The van der Waals surface area contributed by atoms with Crippen molar-refractivity contribution in [1.29, 1.82) is 5.26 Å². The van der Waals surface area contributed by atoms with E-state index in [9.17, 15) is 0 Å². The lowest BCUT2D eigenvalue weighted by atomic mass is 9.90. The highest BCUT2D eigenvalue weighted by atomic mass is 16.3. The number of rotatable bonds is 0. The van der Waals surface area contributed by atoms with Gasteiger partial charge in [0.25, 0.3) is 0 Å². The summed E-state index contributed by atoms with van der Waals surface area (Å²) in [6, 6.07) is 2.20. The van der Waals surface area contributed by atoms with Gasteiger partial charge >= 0.3 is 0 Å². The highest BCUT2D eigenvalue weighted by molar-refractivity contribution is 5.44. The third-order valence-electron chi connectivity index (χ3n) is 2.18. The molecule has 2 heteroatoms. The number of furan rings is 1. The number of nitrogens with zero attached hydrogens (tertiary/aromatic N) is 1. The monoisotopic (exact) mass is 177 g/mol. The molecule has 0 saturated heterocycles. The van der Waals surface area contributed by atoms with Crippen LogP contribution in [0.3, 0.4) is 0 Å². The summed E-state index contributed by atoms with van der Waals surface area (Å²) in [6.45, 7) is 9.96. The van der Waals surface area contributed by atoms with Crippen LogP contribution >= 0.6 is 0 Å². The molecule has 0 radical (unpaired) electrons.